The van der Waals surface area contributed by atoms with Crippen molar-refractivity contribution in [2.24, 2.45) is 0 Å². The number of rotatable bonds is 7. The highest BCUT2D eigenvalue weighted by Gasteiger charge is 2.27. The van der Waals surface area contributed by atoms with Crippen LogP contribution in [0.15, 0.2) is 97.1 Å². The standard InChI is InChI=1S/C34H30Cl2N6/c1-21(2)23-9-17-29(18-10-23)41-33(31(37-39-41)25-5-13-27(35)14-6-25)34-32(26-7-15-28(36)16-8-26)38-40-42(34)30-19-11-24(12-20-30)22(3)4/h5-22H,1-4H3. The van der Waals surface area contributed by atoms with Gasteiger partial charge in [0.05, 0.1) is 11.4 Å². The highest BCUT2D eigenvalue weighted by Crippen LogP contribution is 2.39. The number of aromatic nitrogens is 6. The molecule has 42 heavy (non-hydrogen) atoms. The molecule has 0 saturated heterocycles. The molecule has 4 aromatic carbocycles. The Morgan fingerprint density at radius 1 is 0.476 bits per heavy atom. The van der Waals surface area contributed by atoms with Gasteiger partial charge < -0.3 is 0 Å². The minimum absolute atomic E-state index is 0.412. The molecule has 0 radical (unpaired) electrons. The number of nitrogens with zero attached hydrogens (tertiary/aromatic N) is 6. The van der Waals surface area contributed by atoms with Crippen LogP contribution in [-0.4, -0.2) is 30.0 Å². The minimum atomic E-state index is 0.412. The van der Waals surface area contributed by atoms with E-state index < -0.39 is 0 Å². The average molecular weight is 594 g/mol. The van der Waals surface area contributed by atoms with Crippen LogP contribution in [0.4, 0.5) is 0 Å². The summed E-state index contributed by atoms with van der Waals surface area (Å²) < 4.78 is 3.73. The molecule has 0 spiro atoms. The molecular formula is C34H30Cl2N6. The van der Waals surface area contributed by atoms with E-state index >= 15 is 0 Å². The molecule has 0 aliphatic heterocycles. The van der Waals surface area contributed by atoms with Crippen molar-refractivity contribution in [1.29, 1.82) is 0 Å². The molecule has 0 aliphatic carbocycles. The third kappa shape index (κ3) is 5.36. The Labute approximate surface area is 255 Å². The summed E-state index contributed by atoms with van der Waals surface area (Å²) in [5.41, 5.74) is 8.92. The summed E-state index contributed by atoms with van der Waals surface area (Å²) in [6, 6.07) is 32.1. The number of hydrogen-bond acceptors (Lipinski definition) is 4. The molecule has 6 aromatic rings. The van der Waals surface area contributed by atoms with Crippen LogP contribution in [-0.2, 0) is 0 Å². The van der Waals surface area contributed by atoms with Crippen LogP contribution < -0.4 is 0 Å². The van der Waals surface area contributed by atoms with E-state index in [1.165, 1.54) is 11.1 Å². The summed E-state index contributed by atoms with van der Waals surface area (Å²) in [5, 5.41) is 20.1. The van der Waals surface area contributed by atoms with Gasteiger partial charge in [-0.05, 0) is 71.5 Å². The van der Waals surface area contributed by atoms with Crippen molar-refractivity contribution < 1.29 is 0 Å². The average Bonchev–Trinajstić information content (AvgIpc) is 3.63. The summed E-state index contributed by atoms with van der Waals surface area (Å²) in [7, 11) is 0. The first-order chi connectivity index (χ1) is 20.3. The van der Waals surface area contributed by atoms with Gasteiger partial charge in [0.25, 0.3) is 0 Å². The molecule has 2 aromatic heterocycles. The fourth-order valence-corrected chi connectivity index (χ4v) is 5.21. The van der Waals surface area contributed by atoms with Crippen molar-refractivity contribution in [3.8, 4) is 45.3 Å². The van der Waals surface area contributed by atoms with Gasteiger partial charge in [-0.3, -0.25) is 0 Å². The molecule has 2 heterocycles. The Balaban J connectivity index is 1.64. The Kier molecular flexibility index (Phi) is 7.67. The maximum Gasteiger partial charge on any atom is 0.123 e. The van der Waals surface area contributed by atoms with Crippen molar-refractivity contribution in [3.05, 3.63) is 118 Å². The van der Waals surface area contributed by atoms with Crippen molar-refractivity contribution in [2.75, 3.05) is 0 Å². The second kappa shape index (κ2) is 11.6. The lowest BCUT2D eigenvalue weighted by molar-refractivity contribution is 0.782. The van der Waals surface area contributed by atoms with Crippen molar-refractivity contribution >= 4 is 23.2 Å². The summed E-state index contributed by atoms with van der Waals surface area (Å²) in [6.07, 6.45) is 0. The SMILES string of the molecule is CC(C)c1ccc(-n2nnc(-c3ccc(Cl)cc3)c2-c2c(-c3ccc(Cl)cc3)nnn2-c2ccc(C(C)C)cc2)cc1. The lowest BCUT2D eigenvalue weighted by Gasteiger charge is -2.14. The first-order valence-corrected chi connectivity index (χ1v) is 14.7. The van der Waals surface area contributed by atoms with E-state index in [0.717, 1.165) is 33.9 Å². The van der Waals surface area contributed by atoms with E-state index in [2.05, 4.69) is 86.7 Å². The molecule has 0 saturated carbocycles. The topological polar surface area (TPSA) is 61.4 Å². The van der Waals surface area contributed by atoms with Gasteiger partial charge in [0.15, 0.2) is 0 Å². The molecule has 0 N–H and O–H groups in total. The monoisotopic (exact) mass is 592 g/mol. The molecule has 6 rings (SSSR count). The zero-order chi connectivity index (χ0) is 29.4. The molecule has 0 unspecified atom stereocenters. The smallest absolute Gasteiger partial charge is 0.123 e. The molecule has 0 aliphatic rings. The van der Waals surface area contributed by atoms with E-state index in [9.17, 15) is 0 Å². The highest BCUT2D eigenvalue weighted by atomic mass is 35.5. The van der Waals surface area contributed by atoms with Gasteiger partial charge in [0, 0.05) is 21.2 Å². The van der Waals surface area contributed by atoms with Crippen molar-refractivity contribution in [1.82, 2.24) is 30.0 Å². The summed E-state index contributed by atoms with van der Waals surface area (Å²) >= 11 is 12.5. The van der Waals surface area contributed by atoms with Gasteiger partial charge in [-0.15, -0.1) is 10.2 Å². The molecule has 0 fully saturated rings. The van der Waals surface area contributed by atoms with E-state index in [4.69, 9.17) is 33.4 Å². The maximum absolute atomic E-state index is 6.26. The van der Waals surface area contributed by atoms with Crippen LogP contribution in [0.5, 0.6) is 0 Å². The van der Waals surface area contributed by atoms with Crippen LogP contribution in [0, 0.1) is 0 Å². The summed E-state index contributed by atoms with van der Waals surface area (Å²) in [4.78, 5) is 0. The minimum Gasteiger partial charge on any atom is -0.211 e. The zero-order valence-corrected chi connectivity index (χ0v) is 25.3. The zero-order valence-electron chi connectivity index (χ0n) is 23.8. The Hall–Kier alpha value is -4.26. The fourth-order valence-electron chi connectivity index (χ4n) is 4.96. The summed E-state index contributed by atoms with van der Waals surface area (Å²) in [5.74, 6) is 0.824. The van der Waals surface area contributed by atoms with Crippen LogP contribution >= 0.6 is 23.2 Å². The molecule has 6 nitrogen and oxygen atoms in total. The molecule has 0 atom stereocenters. The van der Waals surface area contributed by atoms with E-state index in [-0.39, 0.29) is 0 Å². The molecule has 210 valence electrons. The predicted octanol–water partition coefficient (Wildman–Crippen LogP) is 9.40. The number of hydrogen-bond donors (Lipinski definition) is 0. The first-order valence-electron chi connectivity index (χ1n) is 13.9. The highest BCUT2D eigenvalue weighted by molar-refractivity contribution is 6.31. The van der Waals surface area contributed by atoms with E-state index in [0.29, 0.717) is 33.3 Å². The van der Waals surface area contributed by atoms with Crippen LogP contribution in [0.2, 0.25) is 10.0 Å². The first kappa shape index (κ1) is 27.9. The maximum atomic E-state index is 6.26. The largest absolute Gasteiger partial charge is 0.211 e. The number of benzene rings is 4. The second-order valence-corrected chi connectivity index (χ2v) is 11.8. The van der Waals surface area contributed by atoms with Crippen LogP contribution in [0.25, 0.3) is 45.3 Å². The second-order valence-electron chi connectivity index (χ2n) is 10.9. The summed E-state index contributed by atoms with van der Waals surface area (Å²) in [6.45, 7) is 8.73. The van der Waals surface area contributed by atoms with Crippen molar-refractivity contribution in [2.45, 2.75) is 39.5 Å². The molecule has 8 heteroatoms. The molecular weight excluding hydrogens is 563 g/mol. The number of halogens is 2. The molecule has 0 bridgehead atoms. The van der Waals surface area contributed by atoms with Crippen molar-refractivity contribution in [3.63, 3.8) is 0 Å². The quantitative estimate of drug-likeness (QED) is 0.185. The van der Waals surface area contributed by atoms with Gasteiger partial charge in [0.2, 0.25) is 0 Å². The fraction of sp³-hybridized carbons (Fsp3) is 0.176. The van der Waals surface area contributed by atoms with Gasteiger partial charge in [-0.2, -0.15) is 0 Å². The van der Waals surface area contributed by atoms with E-state index in [1.807, 2.05) is 57.9 Å². The van der Waals surface area contributed by atoms with Gasteiger partial charge in [-0.25, -0.2) is 9.36 Å². The van der Waals surface area contributed by atoms with Crippen LogP contribution in [0.3, 0.4) is 0 Å². The van der Waals surface area contributed by atoms with Crippen LogP contribution in [0.1, 0.15) is 50.7 Å². The lowest BCUT2D eigenvalue weighted by Crippen LogP contribution is -2.06. The van der Waals surface area contributed by atoms with Gasteiger partial charge in [-0.1, -0.05) is 110 Å². The normalized spacial score (nSPS) is 11.5. The predicted molar refractivity (Wildman–Crippen MR) is 171 cm³/mol. The van der Waals surface area contributed by atoms with Gasteiger partial charge >= 0.3 is 0 Å². The molecule has 0 amide bonds. The Bertz CT molecular complexity index is 1680. The third-order valence-corrected chi connectivity index (χ3v) is 7.91. The van der Waals surface area contributed by atoms with E-state index in [1.54, 1.807) is 0 Å². The Morgan fingerprint density at radius 3 is 1.12 bits per heavy atom. The third-order valence-electron chi connectivity index (χ3n) is 7.41. The van der Waals surface area contributed by atoms with Gasteiger partial charge in [0.1, 0.15) is 22.8 Å². The Morgan fingerprint density at radius 2 is 0.810 bits per heavy atom. The lowest BCUT2D eigenvalue weighted by atomic mass is 10.0.